The fourth-order valence-electron chi connectivity index (χ4n) is 3.26. The highest BCUT2D eigenvalue weighted by atomic mass is 19.1. The summed E-state index contributed by atoms with van der Waals surface area (Å²) in [6.45, 7) is 5.19. The van der Waals surface area contributed by atoms with E-state index in [2.05, 4.69) is 21.8 Å². The predicted molar refractivity (Wildman–Crippen MR) is 91.1 cm³/mol. The van der Waals surface area contributed by atoms with E-state index in [-0.39, 0.29) is 28.8 Å². The smallest absolute Gasteiger partial charge is 0.199 e. The number of benzene rings is 1. The number of nitrogens with zero attached hydrogens (tertiary/aromatic N) is 3. The number of ether oxygens (including phenoxy) is 2. The van der Waals surface area contributed by atoms with Crippen LogP contribution in [-0.2, 0) is 0 Å². The number of methoxy groups -OCH3 is 2. The highest BCUT2D eigenvalue weighted by molar-refractivity contribution is 5.91. The molecule has 0 bridgehead atoms. The van der Waals surface area contributed by atoms with Crippen LogP contribution >= 0.6 is 0 Å². The molecule has 0 radical (unpaired) electrons. The van der Waals surface area contributed by atoms with Gasteiger partial charge in [-0.15, -0.1) is 0 Å². The Kier molecular flexibility index (Phi) is 4.71. The van der Waals surface area contributed by atoms with Crippen LogP contribution in [0, 0.1) is 5.82 Å². The lowest BCUT2D eigenvalue weighted by Crippen LogP contribution is -2.33. The Morgan fingerprint density at radius 1 is 1.25 bits per heavy atom. The molecule has 2 heterocycles. The standard InChI is InChI=1S/C17H23FN4O2/c1-4-22-7-5-10(6-8-22)17-20-14-11(16(19)21-17)9-12(23-2)15(24-3)13(14)18/h9-10H,4-8H2,1-3H3,(H2,19,20,21). The molecule has 3 rings (SSSR count). The van der Waals surface area contributed by atoms with Gasteiger partial charge in [-0.05, 0) is 38.5 Å². The number of aromatic nitrogens is 2. The molecule has 2 N–H and O–H groups in total. The molecule has 1 saturated heterocycles. The maximum Gasteiger partial charge on any atom is 0.199 e. The van der Waals surface area contributed by atoms with Crippen molar-refractivity contribution in [2.45, 2.75) is 25.7 Å². The summed E-state index contributed by atoms with van der Waals surface area (Å²) in [5.41, 5.74) is 6.26. The molecule has 1 aliphatic heterocycles. The van der Waals surface area contributed by atoms with Crippen molar-refractivity contribution in [3.05, 3.63) is 17.7 Å². The van der Waals surface area contributed by atoms with Gasteiger partial charge in [0.05, 0.1) is 14.2 Å². The zero-order valence-electron chi connectivity index (χ0n) is 14.3. The van der Waals surface area contributed by atoms with Crippen molar-refractivity contribution in [1.29, 1.82) is 0 Å². The Balaban J connectivity index is 2.05. The molecule has 0 amide bonds. The van der Waals surface area contributed by atoms with Crippen LogP contribution in [0.1, 0.15) is 31.5 Å². The molecule has 1 aliphatic rings. The van der Waals surface area contributed by atoms with Crippen LogP contribution in [0.15, 0.2) is 6.07 Å². The second kappa shape index (κ2) is 6.76. The van der Waals surface area contributed by atoms with Crippen molar-refractivity contribution >= 4 is 16.7 Å². The van der Waals surface area contributed by atoms with E-state index in [1.807, 2.05) is 0 Å². The second-order valence-corrected chi connectivity index (χ2v) is 6.00. The van der Waals surface area contributed by atoms with Gasteiger partial charge in [-0.25, -0.2) is 14.4 Å². The molecule has 0 atom stereocenters. The zero-order valence-corrected chi connectivity index (χ0v) is 14.3. The van der Waals surface area contributed by atoms with Gasteiger partial charge in [0.25, 0.3) is 0 Å². The maximum absolute atomic E-state index is 14.8. The second-order valence-electron chi connectivity index (χ2n) is 6.00. The van der Waals surface area contributed by atoms with Gasteiger partial charge >= 0.3 is 0 Å². The third-order valence-corrected chi connectivity index (χ3v) is 4.72. The van der Waals surface area contributed by atoms with Gasteiger partial charge in [0.15, 0.2) is 17.3 Å². The van der Waals surface area contributed by atoms with Crippen molar-refractivity contribution in [2.24, 2.45) is 0 Å². The molecule has 2 aromatic rings. The molecule has 0 spiro atoms. The Labute approximate surface area is 140 Å². The molecule has 1 fully saturated rings. The first-order valence-corrected chi connectivity index (χ1v) is 8.19. The normalized spacial score (nSPS) is 16.5. The maximum atomic E-state index is 14.8. The summed E-state index contributed by atoms with van der Waals surface area (Å²) in [6.07, 6.45) is 1.90. The zero-order chi connectivity index (χ0) is 17.3. The molecule has 1 aromatic carbocycles. The van der Waals surface area contributed by atoms with Crippen LogP contribution in [-0.4, -0.2) is 48.7 Å². The van der Waals surface area contributed by atoms with Crippen LogP contribution in [0.3, 0.4) is 0 Å². The fraction of sp³-hybridized carbons (Fsp3) is 0.529. The van der Waals surface area contributed by atoms with Crippen LogP contribution in [0.2, 0.25) is 0 Å². The topological polar surface area (TPSA) is 73.5 Å². The van der Waals surface area contributed by atoms with Crippen molar-refractivity contribution in [1.82, 2.24) is 14.9 Å². The molecule has 1 aromatic heterocycles. The van der Waals surface area contributed by atoms with Gasteiger partial charge in [0, 0.05) is 11.3 Å². The SMILES string of the molecule is CCN1CCC(c2nc(N)c3cc(OC)c(OC)c(F)c3n2)CC1. The first-order chi connectivity index (χ1) is 11.6. The average Bonchev–Trinajstić information content (AvgIpc) is 2.62. The highest BCUT2D eigenvalue weighted by Gasteiger charge is 2.25. The van der Waals surface area contributed by atoms with E-state index in [9.17, 15) is 4.39 Å². The summed E-state index contributed by atoms with van der Waals surface area (Å²) >= 11 is 0. The van der Waals surface area contributed by atoms with Crippen LogP contribution in [0.4, 0.5) is 10.2 Å². The average molecular weight is 334 g/mol. The molecule has 24 heavy (non-hydrogen) atoms. The number of nitrogen functional groups attached to an aromatic ring is 1. The van der Waals surface area contributed by atoms with E-state index in [4.69, 9.17) is 15.2 Å². The van der Waals surface area contributed by atoms with Gasteiger partial charge in [-0.2, -0.15) is 0 Å². The molecular formula is C17H23FN4O2. The predicted octanol–water partition coefficient (Wildman–Crippen LogP) is 2.57. The molecule has 6 nitrogen and oxygen atoms in total. The van der Waals surface area contributed by atoms with Crippen LogP contribution in [0.25, 0.3) is 10.9 Å². The van der Waals surface area contributed by atoms with E-state index < -0.39 is 5.82 Å². The minimum absolute atomic E-state index is 0.0369. The van der Waals surface area contributed by atoms with E-state index in [0.717, 1.165) is 32.5 Å². The van der Waals surface area contributed by atoms with Gasteiger partial charge in [-0.3, -0.25) is 0 Å². The Morgan fingerprint density at radius 2 is 1.96 bits per heavy atom. The van der Waals surface area contributed by atoms with Crippen molar-refractivity contribution in [2.75, 3.05) is 39.6 Å². The number of fused-ring (bicyclic) bond motifs is 1. The third kappa shape index (κ3) is 2.84. The van der Waals surface area contributed by atoms with Crippen molar-refractivity contribution in [3.63, 3.8) is 0 Å². The summed E-state index contributed by atoms with van der Waals surface area (Å²) in [5.74, 6) is 0.839. The fourth-order valence-corrected chi connectivity index (χ4v) is 3.26. The minimum Gasteiger partial charge on any atom is -0.493 e. The summed E-state index contributed by atoms with van der Waals surface area (Å²) in [6, 6.07) is 1.62. The summed E-state index contributed by atoms with van der Waals surface area (Å²) in [5, 5.41) is 0.444. The Morgan fingerprint density at radius 3 is 2.54 bits per heavy atom. The summed E-state index contributed by atoms with van der Waals surface area (Å²) in [7, 11) is 2.86. The lowest BCUT2D eigenvalue weighted by atomic mass is 9.95. The number of halogens is 1. The van der Waals surface area contributed by atoms with Crippen LogP contribution in [0.5, 0.6) is 11.5 Å². The highest BCUT2D eigenvalue weighted by Crippen LogP contribution is 2.38. The first kappa shape index (κ1) is 16.7. The molecule has 7 heteroatoms. The van der Waals surface area contributed by atoms with Gasteiger partial charge < -0.3 is 20.1 Å². The number of nitrogens with two attached hydrogens (primary N) is 1. The Bertz CT molecular complexity index is 745. The van der Waals surface area contributed by atoms with E-state index in [0.29, 0.717) is 11.2 Å². The third-order valence-electron chi connectivity index (χ3n) is 4.72. The van der Waals surface area contributed by atoms with Gasteiger partial charge in [-0.1, -0.05) is 6.92 Å². The van der Waals surface area contributed by atoms with E-state index in [1.165, 1.54) is 14.2 Å². The number of anilines is 1. The number of hydrogen-bond acceptors (Lipinski definition) is 6. The summed E-state index contributed by atoms with van der Waals surface area (Å²) in [4.78, 5) is 11.3. The quantitative estimate of drug-likeness (QED) is 0.926. The van der Waals surface area contributed by atoms with Crippen molar-refractivity contribution in [3.8, 4) is 11.5 Å². The van der Waals surface area contributed by atoms with E-state index >= 15 is 0 Å². The number of hydrogen-bond donors (Lipinski definition) is 1. The monoisotopic (exact) mass is 334 g/mol. The molecular weight excluding hydrogens is 311 g/mol. The lowest BCUT2D eigenvalue weighted by molar-refractivity contribution is 0.219. The van der Waals surface area contributed by atoms with Gasteiger partial charge in [0.2, 0.25) is 0 Å². The first-order valence-electron chi connectivity index (χ1n) is 8.19. The molecule has 130 valence electrons. The van der Waals surface area contributed by atoms with E-state index in [1.54, 1.807) is 6.07 Å². The molecule has 0 saturated carbocycles. The molecule has 0 aliphatic carbocycles. The minimum atomic E-state index is -0.562. The van der Waals surface area contributed by atoms with Crippen molar-refractivity contribution < 1.29 is 13.9 Å². The lowest BCUT2D eigenvalue weighted by Gasteiger charge is -2.30. The number of likely N-dealkylation sites (tertiary alicyclic amines) is 1. The summed E-state index contributed by atoms with van der Waals surface area (Å²) < 4.78 is 25.1. The Hall–Kier alpha value is -2.15. The molecule has 0 unspecified atom stereocenters. The number of rotatable bonds is 4. The number of piperidine rings is 1. The van der Waals surface area contributed by atoms with Gasteiger partial charge in [0.1, 0.15) is 17.2 Å². The largest absolute Gasteiger partial charge is 0.493 e. The van der Waals surface area contributed by atoms with Crippen LogP contribution < -0.4 is 15.2 Å².